The van der Waals surface area contributed by atoms with E-state index in [0.717, 1.165) is 24.4 Å². The number of nitrogens with two attached hydrogens (primary N) is 1. The second-order valence-corrected chi connectivity index (χ2v) is 7.25. The molecular weight excluding hydrogens is 260 g/mol. The smallest absolute Gasteiger partial charge is 0.343 e. The van der Waals surface area contributed by atoms with Crippen molar-refractivity contribution in [2.45, 2.75) is 53.1 Å². The minimum Gasteiger partial charge on any atom is -0.459 e. The summed E-state index contributed by atoms with van der Waals surface area (Å²) in [6.07, 6.45) is 3.03. The highest BCUT2D eigenvalue weighted by molar-refractivity contribution is 7.10. The third kappa shape index (κ3) is 3.26. The Labute approximate surface area is 118 Å². The van der Waals surface area contributed by atoms with Gasteiger partial charge in [-0.1, -0.05) is 20.8 Å². The van der Waals surface area contributed by atoms with Gasteiger partial charge in [-0.15, -0.1) is 0 Å². The molecule has 0 amide bonds. The van der Waals surface area contributed by atoms with Gasteiger partial charge in [-0.25, -0.2) is 4.79 Å². The lowest BCUT2D eigenvalue weighted by molar-refractivity contribution is -0.00708. The van der Waals surface area contributed by atoms with E-state index in [4.69, 9.17) is 10.5 Å². The number of ether oxygens (including phenoxy) is 1. The van der Waals surface area contributed by atoms with E-state index in [1.54, 1.807) is 6.92 Å². The van der Waals surface area contributed by atoms with Crippen molar-refractivity contribution in [3.8, 4) is 0 Å². The zero-order valence-corrected chi connectivity index (χ0v) is 12.8. The highest BCUT2D eigenvalue weighted by Gasteiger charge is 2.34. The largest absolute Gasteiger partial charge is 0.459 e. The van der Waals surface area contributed by atoms with Crippen LogP contribution >= 0.6 is 11.5 Å². The van der Waals surface area contributed by atoms with Gasteiger partial charge in [0.2, 0.25) is 0 Å². The fourth-order valence-corrected chi connectivity index (χ4v) is 3.84. The number of carbonyl (C=O) groups excluding carboxylic acids is 1. The average molecular weight is 282 g/mol. The van der Waals surface area contributed by atoms with Gasteiger partial charge in [0.1, 0.15) is 16.7 Å². The molecule has 5 heteroatoms. The Bertz CT molecular complexity index is 462. The minimum atomic E-state index is -0.321. The summed E-state index contributed by atoms with van der Waals surface area (Å²) in [7, 11) is 0. The van der Waals surface area contributed by atoms with Crippen LogP contribution in [0.1, 0.15) is 56.1 Å². The third-order valence-electron chi connectivity index (χ3n) is 3.71. The quantitative estimate of drug-likeness (QED) is 0.844. The maximum absolute atomic E-state index is 12.2. The van der Waals surface area contributed by atoms with Gasteiger partial charge in [-0.2, -0.15) is 4.37 Å². The number of rotatable bonds is 2. The van der Waals surface area contributed by atoms with Crippen LogP contribution in [0.3, 0.4) is 0 Å². The van der Waals surface area contributed by atoms with Crippen molar-refractivity contribution in [1.82, 2.24) is 4.37 Å². The Morgan fingerprint density at radius 3 is 2.68 bits per heavy atom. The molecular formula is C14H22N2O2S. The molecule has 1 fully saturated rings. The monoisotopic (exact) mass is 282 g/mol. The maximum atomic E-state index is 12.2. The topological polar surface area (TPSA) is 65.2 Å². The fourth-order valence-electron chi connectivity index (χ4n) is 3.19. The predicted molar refractivity (Wildman–Crippen MR) is 77.3 cm³/mol. The molecule has 0 aliphatic heterocycles. The third-order valence-corrected chi connectivity index (χ3v) is 4.48. The Hall–Kier alpha value is -1.10. The first-order chi connectivity index (χ1) is 8.78. The van der Waals surface area contributed by atoms with E-state index in [1.807, 2.05) is 0 Å². The van der Waals surface area contributed by atoms with E-state index < -0.39 is 0 Å². The van der Waals surface area contributed by atoms with E-state index in [-0.39, 0.29) is 17.5 Å². The molecule has 2 rings (SSSR count). The van der Waals surface area contributed by atoms with Crippen LogP contribution in [0.2, 0.25) is 0 Å². The van der Waals surface area contributed by atoms with E-state index in [2.05, 4.69) is 25.1 Å². The normalized spacial score (nSPS) is 26.1. The first-order valence-electron chi connectivity index (χ1n) is 6.71. The molecule has 0 spiro atoms. The summed E-state index contributed by atoms with van der Waals surface area (Å²) in [6.45, 7) is 8.47. The Balaban J connectivity index is 2.07. The molecule has 4 nitrogen and oxygen atoms in total. The van der Waals surface area contributed by atoms with Crippen molar-refractivity contribution in [2.24, 2.45) is 11.3 Å². The lowest BCUT2D eigenvalue weighted by atomic mass is 9.71. The van der Waals surface area contributed by atoms with Gasteiger partial charge in [-0.3, -0.25) is 0 Å². The van der Waals surface area contributed by atoms with Crippen molar-refractivity contribution in [1.29, 1.82) is 0 Å². The molecule has 2 atom stereocenters. The first kappa shape index (κ1) is 14.3. The van der Waals surface area contributed by atoms with E-state index in [9.17, 15) is 4.79 Å². The number of hydrogen-bond acceptors (Lipinski definition) is 5. The fraction of sp³-hybridized carbons (Fsp3) is 0.714. The SMILES string of the molecule is Cc1nsc(N)c1C(=O)OC1CC(C)CC(C)(C)C1. The van der Waals surface area contributed by atoms with Crippen LogP contribution in [0.4, 0.5) is 5.00 Å². The van der Waals surface area contributed by atoms with Crippen molar-refractivity contribution < 1.29 is 9.53 Å². The molecule has 1 aromatic heterocycles. The second-order valence-electron chi connectivity index (χ2n) is 6.45. The summed E-state index contributed by atoms with van der Waals surface area (Å²) >= 11 is 1.15. The van der Waals surface area contributed by atoms with Crippen LogP contribution in [0.25, 0.3) is 0 Å². The molecule has 1 heterocycles. The van der Waals surface area contributed by atoms with Gasteiger partial charge < -0.3 is 10.5 Å². The van der Waals surface area contributed by atoms with Gasteiger partial charge in [-0.05, 0) is 49.1 Å². The van der Waals surface area contributed by atoms with Gasteiger partial charge in [0.15, 0.2) is 0 Å². The summed E-state index contributed by atoms with van der Waals surface area (Å²) in [5.74, 6) is 0.263. The van der Waals surface area contributed by atoms with Crippen LogP contribution in [-0.4, -0.2) is 16.4 Å². The molecule has 0 radical (unpaired) electrons. The van der Waals surface area contributed by atoms with Crippen LogP contribution < -0.4 is 5.73 Å². The van der Waals surface area contributed by atoms with Gasteiger partial charge in [0.25, 0.3) is 0 Å². The number of nitrogens with zero attached hydrogens (tertiary/aromatic N) is 1. The zero-order chi connectivity index (χ0) is 14.2. The number of nitrogen functional groups attached to an aromatic ring is 1. The summed E-state index contributed by atoms with van der Waals surface area (Å²) in [5, 5.41) is 0.450. The number of hydrogen-bond donors (Lipinski definition) is 1. The summed E-state index contributed by atoms with van der Waals surface area (Å²) < 4.78 is 9.74. The summed E-state index contributed by atoms with van der Waals surface area (Å²) in [5.41, 5.74) is 7.12. The van der Waals surface area contributed by atoms with E-state index >= 15 is 0 Å². The van der Waals surface area contributed by atoms with Gasteiger partial charge >= 0.3 is 5.97 Å². The predicted octanol–water partition coefficient (Wildman–Crippen LogP) is 3.41. The summed E-state index contributed by atoms with van der Waals surface area (Å²) in [4.78, 5) is 12.2. The molecule has 19 heavy (non-hydrogen) atoms. The van der Waals surface area contributed by atoms with Crippen LogP contribution in [0, 0.1) is 18.3 Å². The Morgan fingerprint density at radius 2 is 2.16 bits per heavy atom. The lowest BCUT2D eigenvalue weighted by Crippen LogP contribution is -2.34. The van der Waals surface area contributed by atoms with Crippen molar-refractivity contribution >= 4 is 22.5 Å². The molecule has 1 aliphatic rings. The van der Waals surface area contributed by atoms with Crippen LogP contribution in [0.5, 0.6) is 0 Å². The molecule has 1 saturated carbocycles. The number of esters is 1. The summed E-state index contributed by atoms with van der Waals surface area (Å²) in [6, 6.07) is 0. The lowest BCUT2D eigenvalue weighted by Gasteiger charge is -2.38. The number of carbonyl (C=O) groups is 1. The van der Waals surface area contributed by atoms with Crippen molar-refractivity contribution in [2.75, 3.05) is 5.73 Å². The number of aryl methyl sites for hydroxylation is 1. The number of anilines is 1. The first-order valence-corrected chi connectivity index (χ1v) is 7.48. The molecule has 2 unspecified atom stereocenters. The van der Waals surface area contributed by atoms with E-state index in [0.29, 0.717) is 22.2 Å². The average Bonchev–Trinajstić information content (AvgIpc) is 2.55. The van der Waals surface area contributed by atoms with Gasteiger partial charge in [0, 0.05) is 0 Å². The van der Waals surface area contributed by atoms with Crippen molar-refractivity contribution in [3.05, 3.63) is 11.3 Å². The second kappa shape index (κ2) is 5.12. The molecule has 1 aromatic rings. The standard InChI is InChI=1S/C14H22N2O2S/c1-8-5-10(7-14(3,4)6-8)18-13(17)11-9(2)16-19-12(11)15/h8,10H,5-7,15H2,1-4H3. The van der Waals surface area contributed by atoms with Crippen molar-refractivity contribution in [3.63, 3.8) is 0 Å². The Kier molecular flexibility index (Phi) is 3.85. The molecule has 106 valence electrons. The Morgan fingerprint density at radius 1 is 1.47 bits per heavy atom. The van der Waals surface area contributed by atoms with Crippen LogP contribution in [0.15, 0.2) is 0 Å². The maximum Gasteiger partial charge on any atom is 0.343 e. The van der Waals surface area contributed by atoms with Gasteiger partial charge in [0.05, 0.1) is 5.69 Å². The highest BCUT2D eigenvalue weighted by Crippen LogP contribution is 2.40. The molecule has 0 saturated heterocycles. The molecule has 0 bridgehead atoms. The highest BCUT2D eigenvalue weighted by atomic mass is 32.1. The number of aromatic nitrogens is 1. The molecule has 1 aliphatic carbocycles. The minimum absolute atomic E-state index is 0.00931. The van der Waals surface area contributed by atoms with Crippen LogP contribution in [-0.2, 0) is 4.74 Å². The molecule has 0 aromatic carbocycles. The van der Waals surface area contributed by atoms with E-state index in [1.165, 1.54) is 6.42 Å². The zero-order valence-electron chi connectivity index (χ0n) is 12.0. The molecule has 2 N–H and O–H groups in total.